The summed E-state index contributed by atoms with van der Waals surface area (Å²) in [5, 5.41) is 0. The number of carbonyl (C=O) groups is 1. The molecule has 1 rings (SSSR count). The van der Waals surface area contributed by atoms with Gasteiger partial charge < -0.3 is 0 Å². The minimum absolute atomic E-state index is 0.108. The van der Waals surface area contributed by atoms with Gasteiger partial charge in [-0.3, -0.25) is 0 Å². The topological polar surface area (TPSA) is 26.3 Å². The van der Waals surface area contributed by atoms with Crippen molar-refractivity contribution < 1.29 is 31.7 Å². The summed E-state index contributed by atoms with van der Waals surface area (Å²) in [5.41, 5.74) is 0. The fraction of sp³-hybridized carbons (Fsp3) is 0.889. The molecule has 0 aromatic rings. The van der Waals surface area contributed by atoms with E-state index >= 15 is 0 Å². The molecule has 2 nitrogen and oxygen atoms in total. The van der Waals surface area contributed by atoms with Crippen LogP contribution in [0.2, 0.25) is 3.93 Å². The van der Waals surface area contributed by atoms with Crippen molar-refractivity contribution >= 4 is 17.9 Å². The van der Waals surface area contributed by atoms with E-state index in [9.17, 15) is 4.79 Å². The Morgan fingerprint density at radius 2 is 2.23 bits per heavy atom. The molecule has 0 heterocycles. The van der Waals surface area contributed by atoms with Crippen molar-refractivity contribution in [3.05, 3.63) is 0 Å². The van der Waals surface area contributed by atoms with Crippen LogP contribution in [-0.4, -0.2) is 12.1 Å². The Labute approximate surface area is 97.5 Å². The van der Waals surface area contributed by atoms with E-state index in [1.165, 1.54) is 30.1 Å². The van der Waals surface area contributed by atoms with Crippen molar-refractivity contribution in [3.8, 4) is 0 Å². The van der Waals surface area contributed by atoms with E-state index in [0.29, 0.717) is 5.92 Å². The number of esters is 1. The Morgan fingerprint density at radius 1 is 1.54 bits per heavy atom. The number of halogens is 1. The first-order valence-corrected chi connectivity index (χ1v) is 20.8. The summed E-state index contributed by atoms with van der Waals surface area (Å²) in [5.74, 6) is 0.571. The van der Waals surface area contributed by atoms with E-state index in [1.807, 2.05) is 0 Å². The molecule has 1 aliphatic rings. The summed E-state index contributed by atoms with van der Waals surface area (Å²) in [7, 11) is 0. The molecule has 0 bridgehead atoms. The summed E-state index contributed by atoms with van der Waals surface area (Å²) in [4.78, 5) is 10.8. The Balaban J connectivity index is 2.41. The number of hydrogen-bond acceptors (Lipinski definition) is 2. The number of ether oxygens (including phenoxy) is 1. The Hall–Kier alpha value is 0.885. The second-order valence-corrected chi connectivity index (χ2v) is 14.3. The van der Waals surface area contributed by atoms with Crippen LogP contribution < -0.4 is 0 Å². The van der Waals surface area contributed by atoms with Crippen molar-refractivity contribution in [2.45, 2.75) is 42.6 Å². The van der Waals surface area contributed by atoms with Crippen molar-refractivity contribution in [2.24, 2.45) is 5.92 Å². The van der Waals surface area contributed by atoms with Crippen LogP contribution in [0.5, 0.6) is 0 Å². The first-order valence-electron chi connectivity index (χ1n) is 4.97. The zero-order chi connectivity index (χ0) is 9.68. The van der Waals surface area contributed by atoms with E-state index in [4.69, 9.17) is 4.74 Å². The summed E-state index contributed by atoms with van der Waals surface area (Å²) < 4.78 is 6.68. The van der Waals surface area contributed by atoms with Crippen LogP contribution in [0.3, 0.4) is 0 Å². The normalized spacial score (nSPS) is 27.8. The molecule has 0 spiro atoms. The Kier molecular flexibility index (Phi) is 5.87. The Bertz CT molecular complexity index is 173. The van der Waals surface area contributed by atoms with Gasteiger partial charge in [-0.25, -0.2) is 0 Å². The molecule has 4 heteroatoms. The molecule has 1 saturated carbocycles. The van der Waals surface area contributed by atoms with Gasteiger partial charge in [-0.15, -0.1) is 0 Å². The quantitative estimate of drug-likeness (QED) is 0.503. The summed E-state index contributed by atoms with van der Waals surface area (Å²) in [6.45, 7) is 1.52. The molecule has 0 aliphatic heterocycles. The molecule has 2 atom stereocenters. The molecule has 0 N–H and O–H groups in total. The van der Waals surface area contributed by atoms with Crippen molar-refractivity contribution in [1.82, 2.24) is 0 Å². The van der Waals surface area contributed by atoms with E-state index in [0.717, 1.165) is 6.42 Å². The third-order valence-electron chi connectivity index (χ3n) is 2.64. The zero-order valence-electron chi connectivity index (χ0n) is 8.09. The van der Waals surface area contributed by atoms with Gasteiger partial charge in [-0.1, -0.05) is 0 Å². The van der Waals surface area contributed by atoms with Crippen molar-refractivity contribution in [3.63, 3.8) is 0 Å². The van der Waals surface area contributed by atoms with Gasteiger partial charge in [0.25, 0.3) is 0 Å². The van der Waals surface area contributed by atoms with Crippen LogP contribution in [-0.2, 0) is 31.7 Å². The van der Waals surface area contributed by atoms with Crippen LogP contribution in [0.4, 0.5) is 0 Å². The molecule has 72 valence electrons. The fourth-order valence-corrected chi connectivity index (χ4v) is 10.8. The van der Waals surface area contributed by atoms with Crippen LogP contribution >= 0.6 is 11.9 Å². The Morgan fingerprint density at radius 3 is 2.85 bits per heavy atom. The third-order valence-corrected chi connectivity index (χ3v) is 10.4. The molecule has 0 unspecified atom stereocenters. The molecule has 0 radical (unpaired) electrons. The van der Waals surface area contributed by atoms with Gasteiger partial charge in [0, 0.05) is 0 Å². The van der Waals surface area contributed by atoms with Gasteiger partial charge in [0.1, 0.15) is 0 Å². The maximum absolute atomic E-state index is 10.8. The van der Waals surface area contributed by atoms with Crippen LogP contribution in [0.25, 0.3) is 0 Å². The first-order chi connectivity index (χ1) is 6.24. The van der Waals surface area contributed by atoms with Crippen LogP contribution in [0.15, 0.2) is 0 Å². The standard InChI is InChI=1S/C9H15O2.BrH.Hg/c1-7-5-3-4-6-9(7)11-8(2)10;;/h7,9H,1,3-6H2,2H3;1H;/q;;+1/p-1/t7-,9-;;/m0../s1. The van der Waals surface area contributed by atoms with Crippen molar-refractivity contribution in [2.75, 3.05) is 0 Å². The van der Waals surface area contributed by atoms with Gasteiger partial charge in [0.2, 0.25) is 0 Å². The molecular formula is C9H15BrHgO2. The molecule has 0 aromatic carbocycles. The monoisotopic (exact) mass is 436 g/mol. The van der Waals surface area contributed by atoms with Crippen molar-refractivity contribution in [1.29, 1.82) is 0 Å². The molecule has 0 amide bonds. The fourth-order valence-electron chi connectivity index (χ4n) is 2.01. The minimum atomic E-state index is -0.726. The summed E-state index contributed by atoms with van der Waals surface area (Å²) in [6.07, 6.45) is 5.15. The van der Waals surface area contributed by atoms with Gasteiger partial charge in [-0.2, -0.15) is 0 Å². The predicted octanol–water partition coefficient (Wildman–Crippen LogP) is 2.92. The average Bonchev–Trinajstić information content (AvgIpc) is 2.08. The van der Waals surface area contributed by atoms with E-state index < -0.39 is 22.1 Å². The van der Waals surface area contributed by atoms with Crippen LogP contribution in [0, 0.1) is 5.92 Å². The van der Waals surface area contributed by atoms with E-state index in [2.05, 4.69) is 11.9 Å². The molecule has 0 aromatic heterocycles. The molecule has 1 fully saturated rings. The predicted molar refractivity (Wildman–Crippen MR) is 51.2 cm³/mol. The molecule has 13 heavy (non-hydrogen) atoms. The zero-order valence-corrected chi connectivity index (χ0v) is 15.2. The molecular weight excluding hydrogens is 421 g/mol. The molecule has 0 saturated heterocycles. The second-order valence-electron chi connectivity index (χ2n) is 3.67. The van der Waals surface area contributed by atoms with Gasteiger partial charge in [0.15, 0.2) is 0 Å². The number of hydrogen-bond donors (Lipinski definition) is 0. The SMILES string of the molecule is CC(=O)O[C@H]1CCCC[C@@H]1[CH2][Hg][Br]. The maximum atomic E-state index is 10.8. The third kappa shape index (κ3) is 4.28. The molecule has 1 aliphatic carbocycles. The van der Waals surface area contributed by atoms with E-state index in [-0.39, 0.29) is 12.1 Å². The first kappa shape index (κ1) is 12.0. The summed E-state index contributed by atoms with van der Waals surface area (Å²) in [6, 6.07) is 0. The van der Waals surface area contributed by atoms with Gasteiger partial charge in [0.05, 0.1) is 0 Å². The number of carbonyl (C=O) groups excluding carboxylic acids is 1. The average molecular weight is 436 g/mol. The second kappa shape index (κ2) is 6.38. The van der Waals surface area contributed by atoms with Gasteiger partial charge in [-0.05, 0) is 0 Å². The van der Waals surface area contributed by atoms with Crippen LogP contribution in [0.1, 0.15) is 32.6 Å². The van der Waals surface area contributed by atoms with E-state index in [1.54, 1.807) is 0 Å². The van der Waals surface area contributed by atoms with Gasteiger partial charge >= 0.3 is 98.1 Å². The number of rotatable bonds is 3. The summed E-state index contributed by atoms with van der Waals surface area (Å²) >= 11 is 2.93.